The van der Waals surface area contributed by atoms with Crippen molar-refractivity contribution in [2.45, 2.75) is 6.92 Å². The van der Waals surface area contributed by atoms with Gasteiger partial charge in [0.2, 0.25) is 5.88 Å². The van der Waals surface area contributed by atoms with Crippen LogP contribution in [0.15, 0.2) is 42.5 Å². The molecule has 0 amide bonds. The lowest BCUT2D eigenvalue weighted by atomic mass is 10.2. The Bertz CT molecular complexity index is 792. The van der Waals surface area contributed by atoms with E-state index < -0.39 is 5.82 Å². The van der Waals surface area contributed by atoms with Crippen molar-refractivity contribution in [3.8, 4) is 11.6 Å². The Balaban J connectivity index is 2.12. The third kappa shape index (κ3) is 2.18. The van der Waals surface area contributed by atoms with Crippen molar-refractivity contribution in [2.24, 2.45) is 0 Å². The third-order valence-corrected chi connectivity index (χ3v) is 3.25. The number of hydrogen-bond donors (Lipinski definition) is 0. The smallest absolute Gasteiger partial charge is 0.247 e. The summed E-state index contributed by atoms with van der Waals surface area (Å²) in [5.74, 6) is -0.0605. The first kappa shape index (κ1) is 12.8. The van der Waals surface area contributed by atoms with Gasteiger partial charge in [0.05, 0.1) is 0 Å². The minimum absolute atomic E-state index is 0.117. The van der Waals surface area contributed by atoms with E-state index in [1.807, 2.05) is 18.2 Å². The fraction of sp³-hybridized carbons (Fsp3) is 0.0667. The van der Waals surface area contributed by atoms with E-state index in [2.05, 4.69) is 10.2 Å². The van der Waals surface area contributed by atoms with Crippen molar-refractivity contribution in [1.82, 2.24) is 10.2 Å². The molecule has 0 radical (unpaired) electrons. The molecule has 5 heteroatoms. The second-order valence-corrected chi connectivity index (χ2v) is 4.69. The molecule has 3 aromatic rings. The largest absolute Gasteiger partial charge is 0.434 e. The summed E-state index contributed by atoms with van der Waals surface area (Å²) in [5.41, 5.74) is 0.508. The Hall–Kier alpha value is -2.20. The molecule has 0 aliphatic heterocycles. The molecule has 0 unspecified atom stereocenters. The highest BCUT2D eigenvalue weighted by Gasteiger charge is 2.12. The summed E-state index contributed by atoms with van der Waals surface area (Å²) in [6, 6.07) is 12.2. The summed E-state index contributed by atoms with van der Waals surface area (Å²) in [6.45, 7) is 1.67. The number of rotatable bonds is 2. The number of halogens is 2. The van der Waals surface area contributed by atoms with Crippen LogP contribution in [0.3, 0.4) is 0 Å². The SMILES string of the molecule is Cc1cccc(Oc2nnc(Cl)c3ccccc23)c1F. The Kier molecular flexibility index (Phi) is 3.24. The zero-order valence-electron chi connectivity index (χ0n) is 10.6. The van der Waals surface area contributed by atoms with Crippen LogP contribution in [0.4, 0.5) is 4.39 Å². The average molecular weight is 289 g/mol. The van der Waals surface area contributed by atoms with Crippen molar-refractivity contribution in [2.75, 3.05) is 0 Å². The van der Waals surface area contributed by atoms with Crippen molar-refractivity contribution in [1.29, 1.82) is 0 Å². The van der Waals surface area contributed by atoms with E-state index in [1.165, 1.54) is 0 Å². The van der Waals surface area contributed by atoms with Crippen LogP contribution in [0.5, 0.6) is 11.6 Å². The van der Waals surface area contributed by atoms with Gasteiger partial charge in [-0.05, 0) is 24.6 Å². The molecule has 0 spiro atoms. The topological polar surface area (TPSA) is 35.0 Å². The number of nitrogens with zero attached hydrogens (tertiary/aromatic N) is 2. The van der Waals surface area contributed by atoms with Crippen LogP contribution in [0, 0.1) is 12.7 Å². The molecule has 3 nitrogen and oxygen atoms in total. The van der Waals surface area contributed by atoms with Crippen molar-refractivity contribution >= 4 is 22.4 Å². The van der Waals surface area contributed by atoms with Gasteiger partial charge in [-0.3, -0.25) is 0 Å². The minimum atomic E-state index is -0.409. The van der Waals surface area contributed by atoms with E-state index in [1.54, 1.807) is 31.2 Å². The Morgan fingerprint density at radius 1 is 1.00 bits per heavy atom. The molecule has 0 bridgehead atoms. The number of aryl methyl sites for hydroxylation is 1. The predicted octanol–water partition coefficient (Wildman–Crippen LogP) is 4.52. The highest BCUT2D eigenvalue weighted by Crippen LogP contribution is 2.31. The van der Waals surface area contributed by atoms with E-state index >= 15 is 0 Å². The molecule has 0 saturated carbocycles. The van der Waals surface area contributed by atoms with Crippen LogP contribution >= 0.6 is 11.6 Å². The predicted molar refractivity (Wildman–Crippen MR) is 75.8 cm³/mol. The van der Waals surface area contributed by atoms with Gasteiger partial charge in [-0.15, -0.1) is 10.2 Å². The van der Waals surface area contributed by atoms with Gasteiger partial charge in [0.15, 0.2) is 16.7 Å². The molecule has 0 aliphatic carbocycles. The number of fused-ring (bicyclic) bond motifs is 1. The van der Waals surface area contributed by atoms with Crippen LogP contribution in [0.1, 0.15) is 5.56 Å². The van der Waals surface area contributed by atoms with Crippen molar-refractivity contribution in [3.05, 3.63) is 59.0 Å². The fourth-order valence-electron chi connectivity index (χ4n) is 1.93. The lowest BCUT2D eigenvalue weighted by Gasteiger charge is -2.09. The van der Waals surface area contributed by atoms with Gasteiger partial charge >= 0.3 is 0 Å². The van der Waals surface area contributed by atoms with Gasteiger partial charge in [-0.1, -0.05) is 41.9 Å². The number of benzene rings is 2. The summed E-state index contributed by atoms with van der Waals surface area (Å²) in [6.07, 6.45) is 0. The van der Waals surface area contributed by atoms with E-state index in [4.69, 9.17) is 16.3 Å². The van der Waals surface area contributed by atoms with Gasteiger partial charge in [0.25, 0.3) is 0 Å². The van der Waals surface area contributed by atoms with Gasteiger partial charge in [0, 0.05) is 10.8 Å². The van der Waals surface area contributed by atoms with Crippen LogP contribution in [-0.2, 0) is 0 Å². The fourth-order valence-corrected chi connectivity index (χ4v) is 2.13. The van der Waals surface area contributed by atoms with E-state index in [0.29, 0.717) is 16.3 Å². The second-order valence-electron chi connectivity index (χ2n) is 4.33. The van der Waals surface area contributed by atoms with Crippen LogP contribution < -0.4 is 4.74 Å². The lowest BCUT2D eigenvalue weighted by Crippen LogP contribution is -1.96. The first-order chi connectivity index (χ1) is 9.66. The van der Waals surface area contributed by atoms with Crippen LogP contribution in [0.2, 0.25) is 5.15 Å². The van der Waals surface area contributed by atoms with Gasteiger partial charge in [-0.2, -0.15) is 0 Å². The first-order valence-electron chi connectivity index (χ1n) is 6.00. The zero-order valence-corrected chi connectivity index (χ0v) is 11.4. The summed E-state index contributed by atoms with van der Waals surface area (Å²) in [4.78, 5) is 0. The quantitative estimate of drug-likeness (QED) is 0.695. The number of ether oxygens (including phenoxy) is 1. The maximum atomic E-state index is 14.0. The van der Waals surface area contributed by atoms with Gasteiger partial charge in [-0.25, -0.2) is 4.39 Å². The lowest BCUT2D eigenvalue weighted by molar-refractivity contribution is 0.425. The van der Waals surface area contributed by atoms with Gasteiger partial charge < -0.3 is 4.74 Å². The Labute approximate surface area is 120 Å². The summed E-state index contributed by atoms with van der Waals surface area (Å²) < 4.78 is 19.5. The molecule has 2 aromatic carbocycles. The van der Waals surface area contributed by atoms with E-state index in [0.717, 1.165) is 0 Å². The number of hydrogen-bond acceptors (Lipinski definition) is 3. The third-order valence-electron chi connectivity index (χ3n) is 2.97. The van der Waals surface area contributed by atoms with Crippen LogP contribution in [0.25, 0.3) is 10.8 Å². The first-order valence-corrected chi connectivity index (χ1v) is 6.38. The summed E-state index contributed by atoms with van der Waals surface area (Å²) in [7, 11) is 0. The molecule has 100 valence electrons. The highest BCUT2D eigenvalue weighted by atomic mass is 35.5. The molecule has 0 N–H and O–H groups in total. The molecule has 0 saturated heterocycles. The maximum absolute atomic E-state index is 14.0. The molecular formula is C15H10ClFN2O. The monoisotopic (exact) mass is 288 g/mol. The highest BCUT2D eigenvalue weighted by molar-refractivity contribution is 6.34. The molecule has 3 rings (SSSR count). The molecule has 0 atom stereocenters. The molecule has 20 heavy (non-hydrogen) atoms. The minimum Gasteiger partial charge on any atom is -0.434 e. The standard InChI is InChI=1S/C15H10ClFN2O/c1-9-5-4-8-12(13(9)17)20-15-11-7-3-2-6-10(11)14(16)18-19-15/h2-8H,1H3. The average Bonchev–Trinajstić information content (AvgIpc) is 2.47. The molecule has 1 aromatic heterocycles. The van der Waals surface area contributed by atoms with E-state index in [9.17, 15) is 4.39 Å². The second kappa shape index (κ2) is 5.06. The molecular weight excluding hydrogens is 279 g/mol. The Morgan fingerprint density at radius 2 is 1.75 bits per heavy atom. The van der Waals surface area contributed by atoms with E-state index in [-0.39, 0.29) is 16.8 Å². The number of aromatic nitrogens is 2. The summed E-state index contributed by atoms with van der Waals surface area (Å²) in [5, 5.41) is 9.42. The van der Waals surface area contributed by atoms with Crippen LogP contribution in [-0.4, -0.2) is 10.2 Å². The van der Waals surface area contributed by atoms with Crippen molar-refractivity contribution in [3.63, 3.8) is 0 Å². The van der Waals surface area contributed by atoms with Gasteiger partial charge in [0.1, 0.15) is 0 Å². The zero-order chi connectivity index (χ0) is 14.1. The normalized spacial score (nSPS) is 10.8. The Morgan fingerprint density at radius 3 is 2.55 bits per heavy atom. The molecule has 1 heterocycles. The molecule has 0 fully saturated rings. The molecule has 0 aliphatic rings. The summed E-state index contributed by atoms with van der Waals surface area (Å²) >= 11 is 5.99. The maximum Gasteiger partial charge on any atom is 0.247 e. The van der Waals surface area contributed by atoms with Crippen molar-refractivity contribution < 1.29 is 9.13 Å².